The van der Waals surface area contributed by atoms with Crippen LogP contribution in [-0.4, -0.2) is 0 Å². The Morgan fingerprint density at radius 1 is 0.406 bits per heavy atom. The maximum Gasteiger partial charge on any atom is 0.136 e. The standard InChI is InChI=1S/C31H20O/c1-19-10-13-24-25-14-11-20(17-29(25)23-7-3-2-6-22(23)28(24)16-19)21-12-15-27-26-8-4-5-9-30(26)32-31(27)18-21/h2-18H,1H3. The van der Waals surface area contributed by atoms with E-state index in [1.54, 1.807) is 0 Å². The van der Waals surface area contributed by atoms with Crippen LogP contribution >= 0.6 is 0 Å². The summed E-state index contributed by atoms with van der Waals surface area (Å²) >= 11 is 0. The molecule has 0 N–H and O–H groups in total. The maximum absolute atomic E-state index is 6.14. The van der Waals surface area contributed by atoms with Gasteiger partial charge in [0.05, 0.1) is 0 Å². The van der Waals surface area contributed by atoms with Crippen molar-refractivity contribution in [2.75, 3.05) is 0 Å². The zero-order valence-electron chi connectivity index (χ0n) is 17.7. The van der Waals surface area contributed by atoms with Crippen LogP contribution in [0.15, 0.2) is 108 Å². The highest BCUT2D eigenvalue weighted by atomic mass is 16.3. The van der Waals surface area contributed by atoms with Crippen molar-refractivity contribution in [3.05, 3.63) is 109 Å². The average molecular weight is 409 g/mol. The second kappa shape index (κ2) is 6.45. The van der Waals surface area contributed by atoms with Gasteiger partial charge in [-0.1, -0.05) is 84.4 Å². The monoisotopic (exact) mass is 408 g/mol. The van der Waals surface area contributed by atoms with Gasteiger partial charge in [-0.15, -0.1) is 0 Å². The minimum Gasteiger partial charge on any atom is -0.456 e. The lowest BCUT2D eigenvalue weighted by atomic mass is 9.91. The molecule has 0 atom stereocenters. The molecule has 6 aromatic carbocycles. The number of aryl methyl sites for hydroxylation is 1. The van der Waals surface area contributed by atoms with Gasteiger partial charge in [-0.25, -0.2) is 0 Å². The molecular weight excluding hydrogens is 388 g/mol. The number of rotatable bonds is 1. The minimum absolute atomic E-state index is 0.933. The molecular formula is C31H20O. The molecule has 1 nitrogen and oxygen atoms in total. The van der Waals surface area contributed by atoms with Crippen LogP contribution < -0.4 is 0 Å². The van der Waals surface area contributed by atoms with Crippen LogP contribution in [0.25, 0.3) is 65.4 Å². The van der Waals surface area contributed by atoms with E-state index in [1.165, 1.54) is 54.4 Å². The van der Waals surface area contributed by atoms with Gasteiger partial charge in [0.2, 0.25) is 0 Å². The molecule has 1 aromatic heterocycles. The van der Waals surface area contributed by atoms with E-state index in [0.717, 1.165) is 16.6 Å². The summed E-state index contributed by atoms with van der Waals surface area (Å²) in [6, 6.07) is 37.2. The van der Waals surface area contributed by atoms with Crippen LogP contribution in [0.1, 0.15) is 5.56 Å². The molecule has 1 heterocycles. The third-order valence-corrected chi connectivity index (χ3v) is 6.70. The van der Waals surface area contributed by atoms with Gasteiger partial charge in [-0.05, 0) is 74.6 Å². The van der Waals surface area contributed by atoms with Crippen molar-refractivity contribution in [1.82, 2.24) is 0 Å². The molecule has 0 unspecified atom stereocenters. The smallest absolute Gasteiger partial charge is 0.136 e. The lowest BCUT2D eigenvalue weighted by molar-refractivity contribution is 0.669. The summed E-state index contributed by atoms with van der Waals surface area (Å²) in [7, 11) is 0. The first-order chi connectivity index (χ1) is 15.8. The fourth-order valence-corrected chi connectivity index (χ4v) is 5.16. The zero-order valence-corrected chi connectivity index (χ0v) is 17.7. The number of hydrogen-bond donors (Lipinski definition) is 0. The summed E-state index contributed by atoms with van der Waals surface area (Å²) in [5.74, 6) is 0. The molecule has 0 aliphatic carbocycles. The lowest BCUT2D eigenvalue weighted by Crippen LogP contribution is -1.86. The minimum atomic E-state index is 0.933. The highest BCUT2D eigenvalue weighted by molar-refractivity contribution is 6.25. The molecule has 0 bridgehead atoms. The number of furan rings is 1. The molecule has 7 aromatic rings. The normalized spacial score (nSPS) is 11.9. The van der Waals surface area contributed by atoms with Crippen LogP contribution in [0.2, 0.25) is 0 Å². The van der Waals surface area contributed by atoms with Crippen molar-refractivity contribution in [1.29, 1.82) is 0 Å². The zero-order chi connectivity index (χ0) is 21.2. The predicted octanol–water partition coefficient (Wildman–Crippen LogP) is 9.02. The van der Waals surface area contributed by atoms with E-state index >= 15 is 0 Å². The highest BCUT2D eigenvalue weighted by Gasteiger charge is 2.12. The van der Waals surface area contributed by atoms with Crippen LogP contribution in [-0.2, 0) is 0 Å². The van der Waals surface area contributed by atoms with Gasteiger partial charge >= 0.3 is 0 Å². The second-order valence-electron chi connectivity index (χ2n) is 8.66. The molecule has 1 heteroatoms. The van der Waals surface area contributed by atoms with Crippen LogP contribution in [0.5, 0.6) is 0 Å². The Morgan fingerprint density at radius 2 is 0.938 bits per heavy atom. The Labute approximate surface area is 185 Å². The molecule has 0 amide bonds. The van der Waals surface area contributed by atoms with Gasteiger partial charge in [-0.2, -0.15) is 0 Å². The first kappa shape index (κ1) is 17.6. The van der Waals surface area contributed by atoms with E-state index in [2.05, 4.69) is 97.9 Å². The first-order valence-electron chi connectivity index (χ1n) is 11.0. The van der Waals surface area contributed by atoms with Crippen molar-refractivity contribution in [2.45, 2.75) is 6.92 Å². The van der Waals surface area contributed by atoms with E-state index in [9.17, 15) is 0 Å². The topological polar surface area (TPSA) is 13.1 Å². The Hall–Kier alpha value is -4.10. The van der Waals surface area contributed by atoms with E-state index in [1.807, 2.05) is 12.1 Å². The Kier molecular flexibility index (Phi) is 3.54. The summed E-state index contributed by atoms with van der Waals surface area (Å²) in [6.45, 7) is 2.16. The van der Waals surface area contributed by atoms with Crippen molar-refractivity contribution >= 4 is 54.3 Å². The number of benzene rings is 6. The summed E-state index contributed by atoms with van der Waals surface area (Å²) < 4.78 is 6.14. The first-order valence-corrected chi connectivity index (χ1v) is 11.0. The average Bonchev–Trinajstić information content (AvgIpc) is 3.22. The molecule has 32 heavy (non-hydrogen) atoms. The van der Waals surface area contributed by atoms with Gasteiger partial charge in [0.1, 0.15) is 11.2 Å². The van der Waals surface area contributed by atoms with Crippen molar-refractivity contribution in [3.63, 3.8) is 0 Å². The quantitative estimate of drug-likeness (QED) is 0.247. The van der Waals surface area contributed by atoms with Crippen molar-refractivity contribution < 1.29 is 4.42 Å². The van der Waals surface area contributed by atoms with Crippen LogP contribution in [0, 0.1) is 6.92 Å². The maximum atomic E-state index is 6.14. The van der Waals surface area contributed by atoms with Gasteiger partial charge in [0.15, 0.2) is 0 Å². The molecule has 0 saturated heterocycles. The molecule has 0 aliphatic rings. The molecule has 150 valence electrons. The van der Waals surface area contributed by atoms with E-state index < -0.39 is 0 Å². The number of para-hydroxylation sites is 1. The van der Waals surface area contributed by atoms with Gasteiger partial charge in [-0.3, -0.25) is 0 Å². The molecule has 0 saturated carbocycles. The fourth-order valence-electron chi connectivity index (χ4n) is 5.16. The lowest BCUT2D eigenvalue weighted by Gasteiger charge is -2.12. The fraction of sp³-hybridized carbons (Fsp3) is 0.0323. The van der Waals surface area contributed by atoms with Gasteiger partial charge < -0.3 is 4.42 Å². The largest absolute Gasteiger partial charge is 0.456 e. The van der Waals surface area contributed by atoms with Gasteiger partial charge in [0.25, 0.3) is 0 Å². The van der Waals surface area contributed by atoms with Crippen LogP contribution in [0.3, 0.4) is 0 Å². The summed E-state index contributed by atoms with van der Waals surface area (Å²) in [5.41, 5.74) is 5.54. The van der Waals surface area contributed by atoms with Crippen molar-refractivity contribution in [3.8, 4) is 11.1 Å². The Morgan fingerprint density at radius 3 is 1.72 bits per heavy atom. The van der Waals surface area contributed by atoms with E-state index in [-0.39, 0.29) is 0 Å². The third kappa shape index (κ3) is 2.45. The SMILES string of the molecule is Cc1ccc2c3ccc(-c4ccc5c(c4)oc4ccccc45)cc3c3ccccc3c2c1. The Balaban J connectivity index is 1.52. The molecule has 0 aliphatic heterocycles. The van der Waals surface area contributed by atoms with E-state index in [0.29, 0.717) is 0 Å². The summed E-state index contributed by atoms with van der Waals surface area (Å²) in [6.07, 6.45) is 0. The predicted molar refractivity (Wildman–Crippen MR) is 136 cm³/mol. The van der Waals surface area contributed by atoms with Crippen LogP contribution in [0.4, 0.5) is 0 Å². The highest BCUT2D eigenvalue weighted by Crippen LogP contribution is 2.38. The summed E-state index contributed by atoms with van der Waals surface area (Å²) in [4.78, 5) is 0. The Bertz CT molecular complexity index is 1810. The molecule has 0 fully saturated rings. The number of fused-ring (bicyclic) bond motifs is 9. The second-order valence-corrected chi connectivity index (χ2v) is 8.66. The summed E-state index contributed by atoms with van der Waals surface area (Å²) in [5, 5.41) is 10.2. The van der Waals surface area contributed by atoms with E-state index in [4.69, 9.17) is 4.42 Å². The third-order valence-electron chi connectivity index (χ3n) is 6.70. The molecule has 0 spiro atoms. The van der Waals surface area contributed by atoms with Crippen molar-refractivity contribution in [2.24, 2.45) is 0 Å². The van der Waals surface area contributed by atoms with Gasteiger partial charge in [0, 0.05) is 10.8 Å². The number of hydrogen-bond acceptors (Lipinski definition) is 1. The molecule has 0 radical (unpaired) electrons. The molecule has 7 rings (SSSR count).